The van der Waals surface area contributed by atoms with Crippen LogP contribution in [0.2, 0.25) is 0 Å². The number of hydrogen-bond acceptors (Lipinski definition) is 2. The van der Waals surface area contributed by atoms with Gasteiger partial charge in [0.05, 0.1) is 0 Å². The Bertz CT molecular complexity index is 419. The summed E-state index contributed by atoms with van der Waals surface area (Å²) in [6, 6.07) is 10.9. The summed E-state index contributed by atoms with van der Waals surface area (Å²) < 4.78 is 1.16. The summed E-state index contributed by atoms with van der Waals surface area (Å²) in [6.07, 6.45) is 6.65. The molecule has 1 saturated carbocycles. The number of piperidine rings is 1. The first kappa shape index (κ1) is 14.6. The fourth-order valence-electron chi connectivity index (χ4n) is 3.30. The molecule has 0 radical (unpaired) electrons. The van der Waals surface area contributed by atoms with Crippen LogP contribution in [-0.4, -0.2) is 30.1 Å². The average Bonchev–Trinajstić information content (AvgIpc) is 3.31. The Hall–Kier alpha value is -0.380. The zero-order chi connectivity index (χ0) is 13.9. The van der Waals surface area contributed by atoms with E-state index in [2.05, 4.69) is 57.3 Å². The average molecular weight is 337 g/mol. The first-order valence-corrected chi connectivity index (χ1v) is 8.81. The predicted molar refractivity (Wildman–Crippen MR) is 87.9 cm³/mol. The monoisotopic (exact) mass is 336 g/mol. The third-order valence-corrected chi connectivity index (χ3v) is 5.24. The molecule has 1 atom stereocenters. The Labute approximate surface area is 131 Å². The number of nitrogens with one attached hydrogen (secondary N) is 1. The smallest absolute Gasteiger partial charge is 0.0320 e. The molecular weight excluding hydrogens is 312 g/mol. The second kappa shape index (κ2) is 6.59. The molecule has 1 unspecified atom stereocenters. The van der Waals surface area contributed by atoms with Gasteiger partial charge < -0.3 is 10.2 Å². The van der Waals surface area contributed by atoms with E-state index in [1.165, 1.54) is 44.3 Å². The van der Waals surface area contributed by atoms with Crippen LogP contribution in [0.15, 0.2) is 28.7 Å². The van der Waals surface area contributed by atoms with E-state index in [1.54, 1.807) is 0 Å². The van der Waals surface area contributed by atoms with E-state index >= 15 is 0 Å². The van der Waals surface area contributed by atoms with Gasteiger partial charge in [-0.25, -0.2) is 0 Å². The van der Waals surface area contributed by atoms with Gasteiger partial charge >= 0.3 is 0 Å². The molecule has 1 aromatic rings. The van der Waals surface area contributed by atoms with Gasteiger partial charge in [0.25, 0.3) is 0 Å². The van der Waals surface area contributed by atoms with Gasteiger partial charge in [0.1, 0.15) is 0 Å². The van der Waals surface area contributed by atoms with Crippen LogP contribution in [-0.2, 0) is 0 Å². The Morgan fingerprint density at radius 2 is 1.80 bits per heavy atom. The fraction of sp³-hybridized carbons (Fsp3) is 0.647. The van der Waals surface area contributed by atoms with Crippen LogP contribution in [0.1, 0.15) is 50.6 Å². The van der Waals surface area contributed by atoms with Gasteiger partial charge in [0.2, 0.25) is 0 Å². The number of halogens is 1. The summed E-state index contributed by atoms with van der Waals surface area (Å²) >= 11 is 3.52. The van der Waals surface area contributed by atoms with Crippen molar-refractivity contribution in [2.75, 3.05) is 13.1 Å². The van der Waals surface area contributed by atoms with Crippen molar-refractivity contribution in [3.8, 4) is 0 Å². The maximum absolute atomic E-state index is 3.88. The van der Waals surface area contributed by atoms with Crippen LogP contribution in [0.25, 0.3) is 0 Å². The zero-order valence-corrected chi connectivity index (χ0v) is 13.9. The van der Waals surface area contributed by atoms with Crippen molar-refractivity contribution < 1.29 is 0 Å². The highest BCUT2D eigenvalue weighted by atomic mass is 79.9. The largest absolute Gasteiger partial charge is 0.307 e. The van der Waals surface area contributed by atoms with Crippen LogP contribution in [0.5, 0.6) is 0 Å². The van der Waals surface area contributed by atoms with Crippen LogP contribution >= 0.6 is 15.9 Å². The molecule has 0 spiro atoms. The van der Waals surface area contributed by atoms with E-state index in [1.807, 2.05) is 0 Å². The lowest BCUT2D eigenvalue weighted by Crippen LogP contribution is -2.44. The summed E-state index contributed by atoms with van der Waals surface area (Å²) in [5.41, 5.74) is 1.42. The maximum atomic E-state index is 3.88. The number of nitrogens with zero attached hydrogens (tertiary/aromatic N) is 1. The Balaban J connectivity index is 1.54. The van der Waals surface area contributed by atoms with Crippen molar-refractivity contribution in [2.24, 2.45) is 0 Å². The number of likely N-dealkylation sites (tertiary alicyclic amines) is 1. The van der Waals surface area contributed by atoms with Gasteiger partial charge in [-0.2, -0.15) is 0 Å². The minimum atomic E-state index is 0.501. The highest BCUT2D eigenvalue weighted by Crippen LogP contribution is 2.30. The minimum absolute atomic E-state index is 0.501. The van der Waals surface area contributed by atoms with E-state index in [0.29, 0.717) is 12.1 Å². The van der Waals surface area contributed by atoms with Crippen molar-refractivity contribution in [1.82, 2.24) is 10.2 Å². The minimum Gasteiger partial charge on any atom is -0.307 e. The Morgan fingerprint density at radius 3 is 2.35 bits per heavy atom. The summed E-state index contributed by atoms with van der Waals surface area (Å²) in [5.74, 6) is 0. The lowest BCUT2D eigenvalue weighted by Gasteiger charge is -2.34. The Kier molecular flexibility index (Phi) is 4.79. The van der Waals surface area contributed by atoms with Crippen LogP contribution in [0.4, 0.5) is 0 Å². The first-order valence-electron chi connectivity index (χ1n) is 8.02. The molecule has 20 heavy (non-hydrogen) atoms. The predicted octanol–water partition coefficient (Wildman–Crippen LogP) is 4.12. The lowest BCUT2D eigenvalue weighted by atomic mass is 9.99. The van der Waals surface area contributed by atoms with E-state index in [9.17, 15) is 0 Å². The number of benzene rings is 1. The molecule has 1 aliphatic heterocycles. The van der Waals surface area contributed by atoms with E-state index in [0.717, 1.165) is 16.9 Å². The van der Waals surface area contributed by atoms with Crippen molar-refractivity contribution in [1.29, 1.82) is 0 Å². The fourth-order valence-corrected chi connectivity index (χ4v) is 3.56. The molecule has 1 heterocycles. The molecule has 3 rings (SSSR count). The van der Waals surface area contributed by atoms with Gasteiger partial charge in [-0.1, -0.05) is 35.0 Å². The topological polar surface area (TPSA) is 15.3 Å². The third kappa shape index (κ3) is 3.63. The second-order valence-corrected chi connectivity index (χ2v) is 7.14. The molecule has 2 aliphatic rings. The molecule has 0 aromatic heterocycles. The Morgan fingerprint density at radius 1 is 1.15 bits per heavy atom. The summed E-state index contributed by atoms with van der Waals surface area (Å²) in [6.45, 7) is 4.86. The van der Waals surface area contributed by atoms with Crippen LogP contribution in [0, 0.1) is 0 Å². The molecule has 0 bridgehead atoms. The van der Waals surface area contributed by atoms with Crippen molar-refractivity contribution in [2.45, 2.75) is 57.2 Å². The number of rotatable bonds is 5. The summed E-state index contributed by atoms with van der Waals surface area (Å²) in [7, 11) is 0. The first-order chi connectivity index (χ1) is 9.76. The molecule has 1 saturated heterocycles. The number of hydrogen-bond donors (Lipinski definition) is 1. The van der Waals surface area contributed by atoms with Crippen molar-refractivity contribution in [3.63, 3.8) is 0 Å². The van der Waals surface area contributed by atoms with Gasteiger partial charge in [-0.3, -0.25) is 0 Å². The van der Waals surface area contributed by atoms with Gasteiger partial charge in [-0.15, -0.1) is 0 Å². The van der Waals surface area contributed by atoms with E-state index in [-0.39, 0.29) is 0 Å². The maximum Gasteiger partial charge on any atom is 0.0320 e. The van der Waals surface area contributed by atoms with Crippen LogP contribution < -0.4 is 5.32 Å². The highest BCUT2D eigenvalue weighted by Gasteiger charge is 2.32. The highest BCUT2D eigenvalue weighted by molar-refractivity contribution is 9.10. The second-order valence-electron chi connectivity index (χ2n) is 6.22. The molecule has 2 nitrogen and oxygen atoms in total. The summed E-state index contributed by atoms with van der Waals surface area (Å²) in [5, 5.41) is 3.88. The molecule has 0 amide bonds. The van der Waals surface area contributed by atoms with Gasteiger partial charge in [-0.05, 0) is 62.9 Å². The van der Waals surface area contributed by atoms with E-state index in [4.69, 9.17) is 0 Å². The normalized spacial score (nSPS) is 22.9. The SMILES string of the molecule is CCC(NC1CCN(C2CC2)CC1)c1ccc(Br)cc1. The molecule has 110 valence electrons. The molecule has 1 aliphatic carbocycles. The molecular formula is C17H25BrN2. The molecule has 3 heteroatoms. The quantitative estimate of drug-likeness (QED) is 0.870. The van der Waals surface area contributed by atoms with Gasteiger partial charge in [0.15, 0.2) is 0 Å². The zero-order valence-electron chi connectivity index (χ0n) is 12.3. The van der Waals surface area contributed by atoms with Crippen molar-refractivity contribution in [3.05, 3.63) is 34.3 Å². The lowest BCUT2D eigenvalue weighted by molar-refractivity contribution is 0.182. The standard InChI is InChI=1S/C17H25BrN2/c1-2-17(13-3-5-14(18)6-4-13)19-15-9-11-20(12-10-15)16-7-8-16/h3-6,15-17,19H,2,7-12H2,1H3. The molecule has 2 fully saturated rings. The van der Waals surface area contributed by atoms with Crippen molar-refractivity contribution >= 4 is 15.9 Å². The molecule has 1 aromatic carbocycles. The third-order valence-electron chi connectivity index (χ3n) is 4.71. The van der Waals surface area contributed by atoms with Gasteiger partial charge in [0, 0.05) is 22.6 Å². The molecule has 1 N–H and O–H groups in total. The summed E-state index contributed by atoms with van der Waals surface area (Å²) in [4.78, 5) is 2.69. The van der Waals surface area contributed by atoms with E-state index < -0.39 is 0 Å². The van der Waals surface area contributed by atoms with Crippen LogP contribution in [0.3, 0.4) is 0 Å².